The molecule has 0 aliphatic heterocycles. The standard InChI is InChI=1S/C11H14N4O2S2/c1-8-5-14-9(6-13-8)7-15-19(16,17)11-3-2-10(4-12)18-11/h2-3,5-6,15H,4,7,12H2,1H3. The summed E-state index contributed by atoms with van der Waals surface area (Å²) in [5.41, 5.74) is 6.83. The fourth-order valence-electron chi connectivity index (χ4n) is 1.36. The van der Waals surface area contributed by atoms with Crippen molar-refractivity contribution in [3.63, 3.8) is 0 Å². The Bertz CT molecular complexity index is 650. The minimum atomic E-state index is -3.51. The number of aryl methyl sites for hydroxylation is 1. The molecular weight excluding hydrogens is 284 g/mol. The van der Waals surface area contributed by atoms with Crippen LogP contribution in [-0.4, -0.2) is 18.4 Å². The SMILES string of the molecule is Cc1cnc(CNS(=O)(=O)c2ccc(CN)s2)cn1. The minimum Gasteiger partial charge on any atom is -0.326 e. The first-order valence-electron chi connectivity index (χ1n) is 5.57. The molecule has 19 heavy (non-hydrogen) atoms. The van der Waals surface area contributed by atoms with Crippen LogP contribution in [0, 0.1) is 6.92 Å². The van der Waals surface area contributed by atoms with Gasteiger partial charge in [-0.3, -0.25) is 9.97 Å². The van der Waals surface area contributed by atoms with E-state index in [1.165, 1.54) is 11.3 Å². The van der Waals surface area contributed by atoms with Crippen molar-refractivity contribution in [1.82, 2.24) is 14.7 Å². The number of nitrogens with one attached hydrogen (secondary N) is 1. The van der Waals surface area contributed by atoms with Crippen LogP contribution in [0.2, 0.25) is 0 Å². The number of sulfonamides is 1. The zero-order valence-electron chi connectivity index (χ0n) is 10.3. The average Bonchev–Trinajstić information content (AvgIpc) is 2.88. The van der Waals surface area contributed by atoms with Crippen LogP contribution in [0.4, 0.5) is 0 Å². The van der Waals surface area contributed by atoms with Gasteiger partial charge < -0.3 is 5.73 Å². The third-order valence-corrected chi connectivity index (χ3v) is 5.38. The highest BCUT2D eigenvalue weighted by Crippen LogP contribution is 2.20. The van der Waals surface area contributed by atoms with E-state index in [-0.39, 0.29) is 10.8 Å². The number of aromatic nitrogens is 2. The molecule has 2 heterocycles. The van der Waals surface area contributed by atoms with Crippen molar-refractivity contribution in [3.8, 4) is 0 Å². The second-order valence-electron chi connectivity index (χ2n) is 3.90. The summed E-state index contributed by atoms with van der Waals surface area (Å²) >= 11 is 1.17. The van der Waals surface area contributed by atoms with Gasteiger partial charge in [-0.1, -0.05) is 0 Å². The predicted octanol–water partition coefficient (Wildman–Crippen LogP) is 0.784. The normalized spacial score (nSPS) is 11.7. The predicted molar refractivity (Wildman–Crippen MR) is 73.0 cm³/mol. The number of hydrogen-bond donors (Lipinski definition) is 2. The largest absolute Gasteiger partial charge is 0.326 e. The summed E-state index contributed by atoms with van der Waals surface area (Å²) in [4.78, 5) is 8.98. The molecule has 0 saturated heterocycles. The van der Waals surface area contributed by atoms with Gasteiger partial charge >= 0.3 is 0 Å². The molecule has 0 unspecified atom stereocenters. The molecule has 2 rings (SSSR count). The summed E-state index contributed by atoms with van der Waals surface area (Å²) < 4.78 is 26.8. The van der Waals surface area contributed by atoms with E-state index in [9.17, 15) is 8.42 Å². The van der Waals surface area contributed by atoms with Gasteiger partial charge in [-0.05, 0) is 19.1 Å². The molecule has 0 amide bonds. The first kappa shape index (κ1) is 14.1. The maximum Gasteiger partial charge on any atom is 0.250 e. The number of thiophene rings is 1. The van der Waals surface area contributed by atoms with E-state index in [1.807, 2.05) is 6.92 Å². The molecule has 3 N–H and O–H groups in total. The fraction of sp³-hybridized carbons (Fsp3) is 0.273. The van der Waals surface area contributed by atoms with Gasteiger partial charge in [0, 0.05) is 17.6 Å². The van der Waals surface area contributed by atoms with Crippen LogP contribution < -0.4 is 10.5 Å². The minimum absolute atomic E-state index is 0.117. The van der Waals surface area contributed by atoms with Gasteiger partial charge in [-0.25, -0.2) is 13.1 Å². The van der Waals surface area contributed by atoms with Crippen molar-refractivity contribution >= 4 is 21.4 Å². The van der Waals surface area contributed by atoms with Crippen molar-refractivity contribution in [2.24, 2.45) is 5.73 Å². The summed E-state index contributed by atoms with van der Waals surface area (Å²) in [7, 11) is -3.51. The van der Waals surface area contributed by atoms with Gasteiger partial charge in [0.15, 0.2) is 0 Å². The highest BCUT2D eigenvalue weighted by molar-refractivity contribution is 7.91. The smallest absolute Gasteiger partial charge is 0.250 e. The summed E-state index contributed by atoms with van der Waals surface area (Å²) in [6.45, 7) is 2.27. The second-order valence-corrected chi connectivity index (χ2v) is 7.06. The highest BCUT2D eigenvalue weighted by Gasteiger charge is 2.16. The lowest BCUT2D eigenvalue weighted by atomic mass is 10.4. The van der Waals surface area contributed by atoms with E-state index in [4.69, 9.17) is 5.73 Å². The van der Waals surface area contributed by atoms with Crippen molar-refractivity contribution in [1.29, 1.82) is 0 Å². The van der Waals surface area contributed by atoms with E-state index < -0.39 is 10.0 Å². The van der Waals surface area contributed by atoms with Crippen molar-refractivity contribution in [2.75, 3.05) is 0 Å². The topological polar surface area (TPSA) is 98.0 Å². The maximum atomic E-state index is 12.0. The van der Waals surface area contributed by atoms with Crippen molar-refractivity contribution in [3.05, 3.63) is 40.8 Å². The molecule has 0 atom stereocenters. The lowest BCUT2D eigenvalue weighted by molar-refractivity contribution is 0.582. The Balaban J connectivity index is 2.07. The van der Waals surface area contributed by atoms with E-state index in [2.05, 4.69) is 14.7 Å². The molecule has 0 aliphatic carbocycles. The number of nitrogens with two attached hydrogens (primary N) is 1. The Morgan fingerprint density at radius 2 is 2.11 bits per heavy atom. The fourth-order valence-corrected chi connectivity index (χ4v) is 3.64. The number of nitrogens with zero attached hydrogens (tertiary/aromatic N) is 2. The van der Waals surface area contributed by atoms with Crippen LogP contribution in [-0.2, 0) is 23.1 Å². The van der Waals surface area contributed by atoms with E-state index in [0.717, 1.165) is 10.6 Å². The Hall–Kier alpha value is -1.35. The number of rotatable bonds is 5. The van der Waals surface area contributed by atoms with Gasteiger partial charge in [-0.2, -0.15) is 0 Å². The molecule has 6 nitrogen and oxygen atoms in total. The molecule has 2 aromatic rings. The molecule has 0 saturated carbocycles. The van der Waals surface area contributed by atoms with E-state index in [0.29, 0.717) is 12.2 Å². The van der Waals surface area contributed by atoms with Crippen LogP contribution in [0.15, 0.2) is 28.7 Å². The summed E-state index contributed by atoms with van der Waals surface area (Å²) in [5, 5.41) is 0. The molecule has 8 heteroatoms. The summed E-state index contributed by atoms with van der Waals surface area (Å²) in [5.74, 6) is 0. The van der Waals surface area contributed by atoms with Crippen LogP contribution >= 0.6 is 11.3 Å². The van der Waals surface area contributed by atoms with Crippen molar-refractivity contribution < 1.29 is 8.42 Å². The summed E-state index contributed by atoms with van der Waals surface area (Å²) in [6, 6.07) is 3.26. The molecule has 2 aromatic heterocycles. The number of hydrogen-bond acceptors (Lipinski definition) is 6. The quantitative estimate of drug-likeness (QED) is 0.850. The Labute approximate surface area is 115 Å². The highest BCUT2D eigenvalue weighted by atomic mass is 32.2. The average molecular weight is 298 g/mol. The van der Waals surface area contributed by atoms with Gasteiger partial charge in [0.25, 0.3) is 0 Å². The van der Waals surface area contributed by atoms with E-state index >= 15 is 0 Å². The molecule has 0 spiro atoms. The molecule has 0 aromatic carbocycles. The van der Waals surface area contributed by atoms with Gasteiger partial charge in [-0.15, -0.1) is 11.3 Å². The molecule has 0 fully saturated rings. The zero-order chi connectivity index (χ0) is 13.9. The van der Waals surface area contributed by atoms with Gasteiger partial charge in [0.1, 0.15) is 4.21 Å². The Kier molecular flexibility index (Phi) is 4.25. The third-order valence-electron chi connectivity index (χ3n) is 2.38. The molecular formula is C11H14N4O2S2. The Morgan fingerprint density at radius 1 is 1.32 bits per heavy atom. The lowest BCUT2D eigenvalue weighted by Gasteiger charge is -2.04. The first-order chi connectivity index (χ1) is 9.01. The molecule has 102 valence electrons. The summed E-state index contributed by atoms with van der Waals surface area (Å²) in [6.07, 6.45) is 3.15. The van der Waals surface area contributed by atoms with Gasteiger partial charge in [0.2, 0.25) is 10.0 Å². The molecule has 0 aliphatic rings. The zero-order valence-corrected chi connectivity index (χ0v) is 12.0. The monoisotopic (exact) mass is 298 g/mol. The van der Waals surface area contributed by atoms with Crippen LogP contribution in [0.25, 0.3) is 0 Å². The first-order valence-corrected chi connectivity index (χ1v) is 7.87. The van der Waals surface area contributed by atoms with Crippen LogP contribution in [0.1, 0.15) is 16.3 Å². The van der Waals surface area contributed by atoms with Gasteiger partial charge in [0.05, 0.1) is 24.1 Å². The molecule has 0 radical (unpaired) electrons. The lowest BCUT2D eigenvalue weighted by Crippen LogP contribution is -2.23. The van der Waals surface area contributed by atoms with Crippen LogP contribution in [0.5, 0.6) is 0 Å². The molecule has 0 bridgehead atoms. The van der Waals surface area contributed by atoms with E-state index in [1.54, 1.807) is 24.5 Å². The third kappa shape index (κ3) is 3.57. The van der Waals surface area contributed by atoms with Crippen molar-refractivity contribution in [2.45, 2.75) is 24.2 Å². The Morgan fingerprint density at radius 3 is 2.68 bits per heavy atom. The second kappa shape index (κ2) is 5.74. The van der Waals surface area contributed by atoms with Crippen LogP contribution in [0.3, 0.4) is 0 Å². The maximum absolute atomic E-state index is 12.0.